The van der Waals surface area contributed by atoms with E-state index < -0.39 is 36.3 Å². The van der Waals surface area contributed by atoms with Crippen LogP contribution in [0.25, 0.3) is 0 Å². The molecule has 0 bridgehead atoms. The Morgan fingerprint density at radius 1 is 1.08 bits per heavy atom. The number of nitrogens with one attached hydrogen (secondary N) is 2. The quantitative estimate of drug-likeness (QED) is 0.685. The van der Waals surface area contributed by atoms with E-state index in [9.17, 15) is 14.4 Å². The lowest BCUT2D eigenvalue weighted by atomic mass is 10.2. The highest BCUT2D eigenvalue weighted by atomic mass is 16.6. The van der Waals surface area contributed by atoms with Crippen molar-refractivity contribution in [2.75, 3.05) is 0 Å². The van der Waals surface area contributed by atoms with Gasteiger partial charge < -0.3 is 25.2 Å². The molecule has 0 aliphatic heterocycles. The Morgan fingerprint density at radius 2 is 1.67 bits per heavy atom. The summed E-state index contributed by atoms with van der Waals surface area (Å²) in [5, 5.41) is 13.4. The number of carboxylic acids is 1. The molecule has 1 rings (SSSR count). The second-order valence-corrected chi connectivity index (χ2v) is 6.00. The zero-order chi connectivity index (χ0) is 18.2. The molecule has 1 atom stereocenters. The lowest BCUT2D eigenvalue weighted by molar-refractivity contribution is -0.137. The van der Waals surface area contributed by atoms with E-state index in [1.54, 1.807) is 45.0 Å². The highest BCUT2D eigenvalue weighted by Gasteiger charge is 2.22. The molecule has 0 fully saturated rings. The Labute approximate surface area is 140 Å². The van der Waals surface area contributed by atoms with E-state index in [1.807, 2.05) is 6.07 Å². The molecule has 8 nitrogen and oxygen atoms in total. The van der Waals surface area contributed by atoms with Crippen LogP contribution in [0.15, 0.2) is 30.3 Å². The fourth-order valence-corrected chi connectivity index (χ4v) is 1.67. The number of alkyl carbamates (subject to hydrolysis) is 2. The van der Waals surface area contributed by atoms with Crippen LogP contribution in [0.3, 0.4) is 0 Å². The van der Waals surface area contributed by atoms with E-state index >= 15 is 0 Å². The Balaban J connectivity index is 2.53. The fraction of sp³-hybridized carbons (Fsp3) is 0.438. The molecular weight excluding hydrogens is 316 g/mol. The van der Waals surface area contributed by atoms with Crippen molar-refractivity contribution in [1.82, 2.24) is 10.6 Å². The van der Waals surface area contributed by atoms with Crippen molar-refractivity contribution in [3.05, 3.63) is 35.9 Å². The Hall–Kier alpha value is -2.77. The summed E-state index contributed by atoms with van der Waals surface area (Å²) >= 11 is 0. The Kier molecular flexibility index (Phi) is 7.03. The minimum Gasteiger partial charge on any atom is -0.481 e. The molecular formula is C16H22N2O6. The van der Waals surface area contributed by atoms with Gasteiger partial charge in [0, 0.05) is 0 Å². The first kappa shape index (κ1) is 19.3. The largest absolute Gasteiger partial charge is 0.481 e. The normalized spacial score (nSPS) is 12.0. The first-order chi connectivity index (χ1) is 11.2. The molecule has 0 radical (unpaired) electrons. The number of hydrogen-bond donors (Lipinski definition) is 3. The van der Waals surface area contributed by atoms with Gasteiger partial charge in [-0.3, -0.25) is 4.79 Å². The molecule has 0 saturated heterocycles. The second-order valence-electron chi connectivity index (χ2n) is 6.00. The van der Waals surface area contributed by atoms with E-state index in [0.717, 1.165) is 5.56 Å². The van der Waals surface area contributed by atoms with Crippen LogP contribution in [0.5, 0.6) is 0 Å². The van der Waals surface area contributed by atoms with E-state index in [2.05, 4.69) is 10.6 Å². The number of carbonyl (C=O) groups excluding carboxylic acids is 2. The average molecular weight is 338 g/mol. The maximum atomic E-state index is 11.8. The molecule has 0 aromatic heterocycles. The molecule has 0 saturated carbocycles. The summed E-state index contributed by atoms with van der Waals surface area (Å²) in [7, 11) is 0. The molecule has 8 heteroatoms. The van der Waals surface area contributed by atoms with Crippen molar-refractivity contribution >= 4 is 18.2 Å². The molecule has 2 amide bonds. The smallest absolute Gasteiger partial charge is 0.409 e. The number of aliphatic carboxylic acids is 1. The van der Waals surface area contributed by atoms with Crippen molar-refractivity contribution in [3.63, 3.8) is 0 Å². The minimum atomic E-state index is -1.19. The number of hydrogen-bond acceptors (Lipinski definition) is 5. The molecule has 1 unspecified atom stereocenters. The average Bonchev–Trinajstić information content (AvgIpc) is 2.43. The monoisotopic (exact) mass is 338 g/mol. The molecule has 0 spiro atoms. The van der Waals surface area contributed by atoms with Gasteiger partial charge in [-0.2, -0.15) is 0 Å². The minimum absolute atomic E-state index is 0.0267. The lowest BCUT2D eigenvalue weighted by Gasteiger charge is -2.23. The summed E-state index contributed by atoms with van der Waals surface area (Å²) in [5.41, 5.74) is 0.0358. The van der Waals surface area contributed by atoms with Gasteiger partial charge in [-0.25, -0.2) is 9.59 Å². The molecule has 24 heavy (non-hydrogen) atoms. The van der Waals surface area contributed by atoms with Gasteiger partial charge >= 0.3 is 18.2 Å². The van der Waals surface area contributed by atoms with Crippen LogP contribution in [0.2, 0.25) is 0 Å². The summed E-state index contributed by atoms with van der Waals surface area (Å²) in [6.07, 6.45) is -3.35. The SMILES string of the molecule is CC(C)(C)OC(=O)NC(CC(=O)O)NC(=O)OCc1ccccc1. The van der Waals surface area contributed by atoms with Crippen molar-refractivity contribution in [1.29, 1.82) is 0 Å². The van der Waals surface area contributed by atoms with Gasteiger partial charge in [-0.1, -0.05) is 30.3 Å². The van der Waals surface area contributed by atoms with Crippen LogP contribution in [-0.2, 0) is 20.9 Å². The first-order valence-electron chi connectivity index (χ1n) is 7.34. The summed E-state index contributed by atoms with van der Waals surface area (Å²) in [6.45, 7) is 5.03. The van der Waals surface area contributed by atoms with Gasteiger partial charge in [0.05, 0.1) is 6.42 Å². The van der Waals surface area contributed by atoms with Crippen LogP contribution in [-0.4, -0.2) is 35.0 Å². The first-order valence-corrected chi connectivity index (χ1v) is 7.34. The number of ether oxygens (including phenoxy) is 2. The predicted molar refractivity (Wildman–Crippen MR) is 85.2 cm³/mol. The molecule has 0 aliphatic carbocycles. The number of rotatable bonds is 6. The number of carbonyl (C=O) groups is 3. The van der Waals surface area contributed by atoms with Gasteiger partial charge in [0.15, 0.2) is 0 Å². The standard InChI is InChI=1S/C16H22N2O6/c1-16(2,3)24-15(22)18-12(9-13(19)20)17-14(21)23-10-11-7-5-4-6-8-11/h4-8,12H,9-10H2,1-3H3,(H,17,21)(H,18,22)(H,19,20). The Morgan fingerprint density at radius 3 is 2.21 bits per heavy atom. The van der Waals surface area contributed by atoms with Crippen molar-refractivity contribution in [3.8, 4) is 0 Å². The van der Waals surface area contributed by atoms with Gasteiger partial charge in [0.25, 0.3) is 0 Å². The highest BCUT2D eigenvalue weighted by molar-refractivity contribution is 5.74. The van der Waals surface area contributed by atoms with Crippen LogP contribution < -0.4 is 10.6 Å². The summed E-state index contributed by atoms with van der Waals surface area (Å²) in [6, 6.07) is 8.99. The van der Waals surface area contributed by atoms with Crippen LogP contribution in [0.1, 0.15) is 32.8 Å². The summed E-state index contributed by atoms with van der Waals surface area (Å²) in [4.78, 5) is 34.3. The van der Waals surface area contributed by atoms with Gasteiger partial charge in [0.2, 0.25) is 0 Å². The van der Waals surface area contributed by atoms with Gasteiger partial charge in [0.1, 0.15) is 18.4 Å². The molecule has 0 heterocycles. The maximum Gasteiger partial charge on any atom is 0.409 e. The number of carboxylic acid groups (broad SMARTS) is 1. The summed E-state index contributed by atoms with van der Waals surface area (Å²) in [5.74, 6) is -1.19. The van der Waals surface area contributed by atoms with Crippen molar-refractivity contribution < 1.29 is 29.0 Å². The van der Waals surface area contributed by atoms with E-state index in [4.69, 9.17) is 14.6 Å². The lowest BCUT2D eigenvalue weighted by Crippen LogP contribution is -2.50. The van der Waals surface area contributed by atoms with Crippen molar-refractivity contribution in [2.45, 2.75) is 45.6 Å². The van der Waals surface area contributed by atoms with E-state index in [1.165, 1.54) is 0 Å². The zero-order valence-corrected chi connectivity index (χ0v) is 13.9. The number of benzene rings is 1. The number of amides is 2. The zero-order valence-electron chi connectivity index (χ0n) is 13.9. The molecule has 132 valence electrons. The van der Waals surface area contributed by atoms with Gasteiger partial charge in [-0.15, -0.1) is 0 Å². The third-order valence-corrected chi connectivity index (χ3v) is 2.57. The predicted octanol–water partition coefficient (Wildman–Crippen LogP) is 2.24. The topological polar surface area (TPSA) is 114 Å². The summed E-state index contributed by atoms with van der Waals surface area (Å²) < 4.78 is 10.0. The second kappa shape index (κ2) is 8.76. The molecule has 0 aliphatic rings. The Bertz CT molecular complexity index is 568. The van der Waals surface area contributed by atoms with Crippen LogP contribution >= 0.6 is 0 Å². The van der Waals surface area contributed by atoms with Gasteiger partial charge in [-0.05, 0) is 26.3 Å². The third-order valence-electron chi connectivity index (χ3n) is 2.57. The van der Waals surface area contributed by atoms with E-state index in [-0.39, 0.29) is 6.61 Å². The molecule has 3 N–H and O–H groups in total. The highest BCUT2D eigenvalue weighted by Crippen LogP contribution is 2.07. The molecule has 1 aromatic rings. The van der Waals surface area contributed by atoms with Crippen LogP contribution in [0.4, 0.5) is 9.59 Å². The fourth-order valence-electron chi connectivity index (χ4n) is 1.67. The molecule has 1 aromatic carbocycles. The maximum absolute atomic E-state index is 11.8. The van der Waals surface area contributed by atoms with E-state index in [0.29, 0.717) is 0 Å². The van der Waals surface area contributed by atoms with Crippen LogP contribution in [0, 0.1) is 0 Å². The third kappa shape index (κ3) is 8.62. The van der Waals surface area contributed by atoms with Crippen molar-refractivity contribution in [2.24, 2.45) is 0 Å².